The SMILES string of the molecule is NC(=O)/C=C/c1ccccc1-c1ccccc1C(O)C(N)=O. The van der Waals surface area contributed by atoms with Crippen molar-refractivity contribution in [2.75, 3.05) is 0 Å². The molecule has 0 saturated carbocycles. The van der Waals surface area contributed by atoms with E-state index in [1.807, 2.05) is 24.3 Å². The number of amides is 2. The van der Waals surface area contributed by atoms with Crippen molar-refractivity contribution in [3.8, 4) is 11.1 Å². The Morgan fingerprint density at radius 3 is 2.18 bits per heavy atom. The maximum atomic E-state index is 11.3. The Bertz CT molecular complexity index is 738. The van der Waals surface area contributed by atoms with Gasteiger partial charge in [-0.2, -0.15) is 0 Å². The zero-order valence-corrected chi connectivity index (χ0v) is 11.8. The Kier molecular flexibility index (Phi) is 4.70. The summed E-state index contributed by atoms with van der Waals surface area (Å²) in [6.45, 7) is 0. The van der Waals surface area contributed by atoms with Crippen molar-refractivity contribution >= 4 is 17.9 Å². The Hall–Kier alpha value is -2.92. The molecule has 112 valence electrons. The van der Waals surface area contributed by atoms with E-state index in [-0.39, 0.29) is 0 Å². The second-order valence-electron chi connectivity index (χ2n) is 4.72. The number of nitrogens with two attached hydrogens (primary N) is 2. The number of primary amides is 2. The monoisotopic (exact) mass is 296 g/mol. The van der Waals surface area contributed by atoms with E-state index in [1.54, 1.807) is 30.3 Å². The molecule has 2 aromatic carbocycles. The van der Waals surface area contributed by atoms with Crippen LogP contribution in [0.5, 0.6) is 0 Å². The average molecular weight is 296 g/mol. The quantitative estimate of drug-likeness (QED) is 0.725. The lowest BCUT2D eigenvalue weighted by Crippen LogP contribution is -2.21. The van der Waals surface area contributed by atoms with Gasteiger partial charge in [-0.3, -0.25) is 9.59 Å². The topological polar surface area (TPSA) is 106 Å². The van der Waals surface area contributed by atoms with Gasteiger partial charge in [0.25, 0.3) is 5.91 Å². The first-order chi connectivity index (χ1) is 10.5. The highest BCUT2D eigenvalue weighted by atomic mass is 16.3. The first-order valence-corrected chi connectivity index (χ1v) is 6.64. The van der Waals surface area contributed by atoms with Gasteiger partial charge in [-0.25, -0.2) is 0 Å². The molecule has 0 aliphatic carbocycles. The fourth-order valence-corrected chi connectivity index (χ4v) is 2.19. The minimum absolute atomic E-state index is 0.412. The molecule has 0 aliphatic rings. The van der Waals surface area contributed by atoms with Crippen molar-refractivity contribution in [3.05, 3.63) is 65.7 Å². The molecular weight excluding hydrogens is 280 g/mol. The lowest BCUT2D eigenvalue weighted by atomic mass is 9.92. The van der Waals surface area contributed by atoms with Crippen LogP contribution in [0.3, 0.4) is 0 Å². The normalized spacial score (nSPS) is 12.2. The third kappa shape index (κ3) is 3.39. The molecule has 0 bridgehead atoms. The second-order valence-corrected chi connectivity index (χ2v) is 4.72. The van der Waals surface area contributed by atoms with Crippen molar-refractivity contribution < 1.29 is 14.7 Å². The molecule has 2 amide bonds. The minimum Gasteiger partial charge on any atom is -0.378 e. The van der Waals surface area contributed by atoms with Crippen molar-refractivity contribution in [1.82, 2.24) is 0 Å². The molecule has 0 aromatic heterocycles. The summed E-state index contributed by atoms with van der Waals surface area (Å²) in [5, 5.41) is 9.98. The number of hydrogen-bond acceptors (Lipinski definition) is 3. The van der Waals surface area contributed by atoms with E-state index >= 15 is 0 Å². The fraction of sp³-hybridized carbons (Fsp3) is 0.0588. The van der Waals surface area contributed by atoms with Crippen molar-refractivity contribution in [2.45, 2.75) is 6.10 Å². The third-order valence-electron chi connectivity index (χ3n) is 3.20. The van der Waals surface area contributed by atoms with Crippen LogP contribution < -0.4 is 11.5 Å². The number of rotatable bonds is 5. The van der Waals surface area contributed by atoms with E-state index in [9.17, 15) is 14.7 Å². The van der Waals surface area contributed by atoms with Gasteiger partial charge in [-0.05, 0) is 28.3 Å². The predicted octanol–water partition coefficient (Wildman–Crippen LogP) is 1.37. The predicted molar refractivity (Wildman–Crippen MR) is 84.3 cm³/mol. The maximum absolute atomic E-state index is 11.3. The summed E-state index contributed by atoms with van der Waals surface area (Å²) in [6.07, 6.45) is 1.45. The van der Waals surface area contributed by atoms with Gasteiger partial charge in [-0.15, -0.1) is 0 Å². The highest BCUT2D eigenvalue weighted by molar-refractivity contribution is 5.92. The van der Waals surface area contributed by atoms with Gasteiger partial charge in [0.15, 0.2) is 6.10 Å². The van der Waals surface area contributed by atoms with Gasteiger partial charge in [0.1, 0.15) is 0 Å². The number of aliphatic hydroxyl groups is 1. The van der Waals surface area contributed by atoms with Crippen LogP contribution in [0.2, 0.25) is 0 Å². The number of carbonyl (C=O) groups is 2. The lowest BCUT2D eigenvalue weighted by molar-refractivity contribution is -0.126. The number of carbonyl (C=O) groups excluding carboxylic acids is 2. The van der Waals surface area contributed by atoms with Crippen LogP contribution in [-0.2, 0) is 9.59 Å². The van der Waals surface area contributed by atoms with Gasteiger partial charge >= 0.3 is 0 Å². The van der Waals surface area contributed by atoms with E-state index in [4.69, 9.17) is 11.5 Å². The van der Waals surface area contributed by atoms with Crippen molar-refractivity contribution in [3.63, 3.8) is 0 Å². The first kappa shape index (κ1) is 15.5. The largest absolute Gasteiger partial charge is 0.378 e. The Labute approximate surface area is 127 Å². The standard InChI is InChI=1S/C17H16N2O3/c18-15(20)10-9-11-5-1-2-6-12(11)13-7-3-4-8-14(13)16(21)17(19)22/h1-10,16,21H,(H2,18,20)(H2,19,22)/b10-9+. The Balaban J connectivity index is 2.58. The zero-order valence-electron chi connectivity index (χ0n) is 11.8. The van der Waals surface area contributed by atoms with E-state index in [1.165, 1.54) is 6.08 Å². The van der Waals surface area contributed by atoms with Crippen LogP contribution >= 0.6 is 0 Å². The third-order valence-corrected chi connectivity index (χ3v) is 3.20. The maximum Gasteiger partial charge on any atom is 0.250 e. The van der Waals surface area contributed by atoms with Crippen LogP contribution in [0.25, 0.3) is 17.2 Å². The summed E-state index contributed by atoms with van der Waals surface area (Å²) >= 11 is 0. The molecule has 0 aliphatic heterocycles. The van der Waals surface area contributed by atoms with E-state index in [2.05, 4.69) is 0 Å². The summed E-state index contributed by atoms with van der Waals surface area (Å²) in [6, 6.07) is 14.2. The molecule has 0 heterocycles. The summed E-state index contributed by atoms with van der Waals surface area (Å²) in [7, 11) is 0. The smallest absolute Gasteiger partial charge is 0.250 e. The second kappa shape index (κ2) is 6.69. The van der Waals surface area contributed by atoms with Gasteiger partial charge in [0, 0.05) is 6.08 Å². The number of hydrogen-bond donors (Lipinski definition) is 3. The molecule has 22 heavy (non-hydrogen) atoms. The molecule has 0 saturated heterocycles. The molecular formula is C17H16N2O3. The van der Waals surface area contributed by atoms with Crippen LogP contribution in [0.15, 0.2) is 54.6 Å². The fourth-order valence-electron chi connectivity index (χ4n) is 2.19. The number of benzene rings is 2. The molecule has 0 spiro atoms. The van der Waals surface area contributed by atoms with Crippen molar-refractivity contribution in [2.24, 2.45) is 11.5 Å². The minimum atomic E-state index is -1.40. The highest BCUT2D eigenvalue weighted by Crippen LogP contribution is 2.31. The van der Waals surface area contributed by atoms with Gasteiger partial charge in [0.05, 0.1) is 0 Å². The molecule has 0 radical (unpaired) electrons. The summed E-state index contributed by atoms with van der Waals surface area (Å²) in [5.41, 5.74) is 12.9. The van der Waals surface area contributed by atoms with E-state index in [0.29, 0.717) is 11.1 Å². The van der Waals surface area contributed by atoms with Crippen LogP contribution in [0.4, 0.5) is 0 Å². The molecule has 2 aromatic rings. The summed E-state index contributed by atoms with van der Waals surface area (Å²) in [5.74, 6) is -1.38. The lowest BCUT2D eigenvalue weighted by Gasteiger charge is -2.15. The molecule has 1 atom stereocenters. The van der Waals surface area contributed by atoms with Gasteiger partial charge < -0.3 is 16.6 Å². The van der Waals surface area contributed by atoms with Crippen LogP contribution in [0, 0.1) is 0 Å². The molecule has 5 heteroatoms. The van der Waals surface area contributed by atoms with Gasteiger partial charge in [-0.1, -0.05) is 48.5 Å². The molecule has 5 nitrogen and oxygen atoms in total. The van der Waals surface area contributed by atoms with E-state index in [0.717, 1.165) is 11.1 Å². The Morgan fingerprint density at radius 1 is 0.955 bits per heavy atom. The molecule has 0 fully saturated rings. The number of aliphatic hydroxyl groups excluding tert-OH is 1. The first-order valence-electron chi connectivity index (χ1n) is 6.64. The molecule has 2 rings (SSSR count). The highest BCUT2D eigenvalue weighted by Gasteiger charge is 2.18. The van der Waals surface area contributed by atoms with Crippen LogP contribution in [0.1, 0.15) is 17.2 Å². The molecule has 5 N–H and O–H groups in total. The van der Waals surface area contributed by atoms with Gasteiger partial charge in [0.2, 0.25) is 5.91 Å². The zero-order chi connectivity index (χ0) is 16.1. The Morgan fingerprint density at radius 2 is 1.55 bits per heavy atom. The van der Waals surface area contributed by atoms with Crippen LogP contribution in [-0.4, -0.2) is 16.9 Å². The average Bonchev–Trinajstić information content (AvgIpc) is 2.52. The summed E-state index contributed by atoms with van der Waals surface area (Å²) in [4.78, 5) is 22.2. The summed E-state index contributed by atoms with van der Waals surface area (Å²) < 4.78 is 0. The molecule has 1 unspecified atom stereocenters. The van der Waals surface area contributed by atoms with Crippen molar-refractivity contribution in [1.29, 1.82) is 0 Å². The van der Waals surface area contributed by atoms with E-state index < -0.39 is 17.9 Å².